The van der Waals surface area contributed by atoms with Gasteiger partial charge in [0.1, 0.15) is 5.75 Å². The second kappa shape index (κ2) is 10.6. The molecule has 0 N–H and O–H groups in total. The van der Waals surface area contributed by atoms with E-state index in [0.29, 0.717) is 0 Å². The molecule has 0 atom stereocenters. The van der Waals surface area contributed by atoms with E-state index < -0.39 is 0 Å². The Labute approximate surface area is 169 Å². The van der Waals surface area contributed by atoms with Crippen LogP contribution in [0, 0.1) is 13.8 Å². The summed E-state index contributed by atoms with van der Waals surface area (Å²) in [7, 11) is 1.74. The molecule has 1 fully saturated rings. The van der Waals surface area contributed by atoms with E-state index in [9.17, 15) is 0 Å². The molecule has 1 aromatic carbocycles. The van der Waals surface area contributed by atoms with Gasteiger partial charge in [-0.15, -0.1) is 0 Å². The van der Waals surface area contributed by atoms with Crippen molar-refractivity contribution < 1.29 is 9.47 Å². The van der Waals surface area contributed by atoms with Crippen LogP contribution in [0.1, 0.15) is 28.7 Å². The van der Waals surface area contributed by atoms with E-state index in [0.717, 1.165) is 58.2 Å². The molecular formula is C23H33N3O2. The molecule has 1 aliphatic heterocycles. The third-order valence-corrected chi connectivity index (χ3v) is 5.67. The van der Waals surface area contributed by atoms with Gasteiger partial charge in [0, 0.05) is 45.1 Å². The smallest absolute Gasteiger partial charge is 0.122 e. The minimum Gasteiger partial charge on any atom is -0.496 e. The van der Waals surface area contributed by atoms with Crippen molar-refractivity contribution in [1.82, 2.24) is 14.8 Å². The first kappa shape index (κ1) is 20.8. The number of aromatic nitrogens is 1. The predicted molar refractivity (Wildman–Crippen MR) is 113 cm³/mol. The van der Waals surface area contributed by atoms with Gasteiger partial charge in [0.2, 0.25) is 0 Å². The van der Waals surface area contributed by atoms with Gasteiger partial charge >= 0.3 is 0 Å². The Kier molecular flexibility index (Phi) is 7.83. The van der Waals surface area contributed by atoms with E-state index in [-0.39, 0.29) is 0 Å². The summed E-state index contributed by atoms with van der Waals surface area (Å²) < 4.78 is 10.9. The molecule has 0 bridgehead atoms. The summed E-state index contributed by atoms with van der Waals surface area (Å²) in [6.45, 7) is 12.3. The van der Waals surface area contributed by atoms with E-state index in [1.165, 1.54) is 28.7 Å². The number of hydrogen-bond donors (Lipinski definition) is 0. The molecule has 5 nitrogen and oxygen atoms in total. The van der Waals surface area contributed by atoms with E-state index in [1.54, 1.807) is 7.11 Å². The van der Waals surface area contributed by atoms with E-state index in [4.69, 9.17) is 9.47 Å². The van der Waals surface area contributed by atoms with Crippen LogP contribution in [0.5, 0.6) is 5.75 Å². The summed E-state index contributed by atoms with van der Waals surface area (Å²) in [4.78, 5) is 9.21. The van der Waals surface area contributed by atoms with Gasteiger partial charge in [-0.05, 0) is 67.3 Å². The van der Waals surface area contributed by atoms with Crippen LogP contribution in [0.25, 0.3) is 0 Å². The maximum atomic E-state index is 5.48. The lowest BCUT2D eigenvalue weighted by Crippen LogP contribution is -2.38. The number of rotatable bonds is 9. The topological polar surface area (TPSA) is 37.8 Å². The van der Waals surface area contributed by atoms with Gasteiger partial charge in [-0.25, -0.2) is 0 Å². The van der Waals surface area contributed by atoms with Crippen LogP contribution in [0.15, 0.2) is 36.7 Å². The Morgan fingerprint density at radius 1 is 1.04 bits per heavy atom. The molecule has 28 heavy (non-hydrogen) atoms. The van der Waals surface area contributed by atoms with Gasteiger partial charge in [-0.1, -0.05) is 6.07 Å². The van der Waals surface area contributed by atoms with Gasteiger partial charge in [-0.3, -0.25) is 14.8 Å². The second-order valence-electron chi connectivity index (χ2n) is 7.55. The minimum absolute atomic E-state index is 0.866. The zero-order chi connectivity index (χ0) is 19.8. The van der Waals surface area contributed by atoms with Crippen molar-refractivity contribution in [2.75, 3.05) is 46.5 Å². The SMILES string of the molecule is COc1ccc(CN(CCCN2CCOCC2)Cc2ccncc2)c(C)c1C. The first-order valence-electron chi connectivity index (χ1n) is 10.2. The molecular weight excluding hydrogens is 350 g/mol. The average Bonchev–Trinajstić information content (AvgIpc) is 2.73. The van der Waals surface area contributed by atoms with Crippen LogP contribution < -0.4 is 4.74 Å². The molecule has 1 aromatic heterocycles. The van der Waals surface area contributed by atoms with Crippen LogP contribution in [-0.4, -0.2) is 61.3 Å². The third kappa shape index (κ3) is 5.77. The number of ether oxygens (including phenoxy) is 2. The largest absolute Gasteiger partial charge is 0.496 e. The first-order valence-corrected chi connectivity index (χ1v) is 10.2. The molecule has 1 aliphatic rings. The number of pyridine rings is 1. The highest BCUT2D eigenvalue weighted by Crippen LogP contribution is 2.25. The highest BCUT2D eigenvalue weighted by molar-refractivity contribution is 5.43. The van der Waals surface area contributed by atoms with Crippen molar-refractivity contribution in [2.45, 2.75) is 33.4 Å². The number of hydrogen-bond acceptors (Lipinski definition) is 5. The minimum atomic E-state index is 0.866. The molecule has 3 rings (SSSR count). The monoisotopic (exact) mass is 383 g/mol. The lowest BCUT2D eigenvalue weighted by atomic mass is 10.0. The third-order valence-electron chi connectivity index (χ3n) is 5.67. The Morgan fingerprint density at radius 2 is 1.79 bits per heavy atom. The fraction of sp³-hybridized carbons (Fsp3) is 0.522. The van der Waals surface area contributed by atoms with Crippen molar-refractivity contribution in [3.63, 3.8) is 0 Å². The fourth-order valence-electron chi connectivity index (χ4n) is 3.79. The summed E-state index contributed by atoms with van der Waals surface area (Å²) in [5, 5.41) is 0. The number of benzene rings is 1. The molecule has 0 saturated carbocycles. The molecule has 152 valence electrons. The van der Waals surface area contributed by atoms with Gasteiger partial charge in [-0.2, -0.15) is 0 Å². The molecule has 0 unspecified atom stereocenters. The lowest BCUT2D eigenvalue weighted by Gasteiger charge is -2.29. The van der Waals surface area contributed by atoms with Gasteiger partial charge in [0.05, 0.1) is 20.3 Å². The van der Waals surface area contributed by atoms with Crippen molar-refractivity contribution in [3.8, 4) is 5.75 Å². The van der Waals surface area contributed by atoms with Crippen LogP contribution in [0.4, 0.5) is 0 Å². The van der Waals surface area contributed by atoms with Crippen molar-refractivity contribution >= 4 is 0 Å². The molecule has 2 aromatic rings. The summed E-state index contributed by atoms with van der Waals surface area (Å²) >= 11 is 0. The fourth-order valence-corrected chi connectivity index (χ4v) is 3.79. The molecule has 0 radical (unpaired) electrons. The highest BCUT2D eigenvalue weighted by atomic mass is 16.5. The zero-order valence-corrected chi connectivity index (χ0v) is 17.5. The van der Waals surface area contributed by atoms with Gasteiger partial charge in [0.25, 0.3) is 0 Å². The van der Waals surface area contributed by atoms with E-state index in [2.05, 4.69) is 52.9 Å². The maximum Gasteiger partial charge on any atom is 0.122 e. The normalized spacial score (nSPS) is 15.1. The van der Waals surface area contributed by atoms with Crippen molar-refractivity contribution in [2.24, 2.45) is 0 Å². The second-order valence-corrected chi connectivity index (χ2v) is 7.55. The Balaban J connectivity index is 1.66. The Hall–Kier alpha value is -1.95. The predicted octanol–water partition coefficient (Wildman–Crippen LogP) is 3.43. The van der Waals surface area contributed by atoms with Crippen LogP contribution in [0.3, 0.4) is 0 Å². The Morgan fingerprint density at radius 3 is 2.50 bits per heavy atom. The van der Waals surface area contributed by atoms with E-state index >= 15 is 0 Å². The molecule has 5 heteroatoms. The quantitative estimate of drug-likeness (QED) is 0.663. The van der Waals surface area contributed by atoms with Crippen molar-refractivity contribution in [1.29, 1.82) is 0 Å². The zero-order valence-electron chi connectivity index (χ0n) is 17.5. The molecule has 0 amide bonds. The summed E-state index contributed by atoms with van der Waals surface area (Å²) in [5.41, 5.74) is 5.24. The standard InChI is InChI=1S/C23H33N3O2/c1-19-20(2)23(27-3)6-5-22(19)18-26(17-21-7-9-24-10-8-21)12-4-11-25-13-15-28-16-14-25/h5-10H,4,11-18H2,1-3H3. The van der Waals surface area contributed by atoms with Crippen LogP contribution >= 0.6 is 0 Å². The number of nitrogens with zero attached hydrogens (tertiary/aromatic N) is 3. The van der Waals surface area contributed by atoms with Crippen LogP contribution in [0.2, 0.25) is 0 Å². The lowest BCUT2D eigenvalue weighted by molar-refractivity contribution is 0.0359. The highest BCUT2D eigenvalue weighted by Gasteiger charge is 2.14. The Bertz CT molecular complexity index is 730. The molecule has 0 aliphatic carbocycles. The molecule has 0 spiro atoms. The first-order chi connectivity index (χ1) is 13.7. The molecule has 1 saturated heterocycles. The average molecular weight is 384 g/mol. The summed E-state index contributed by atoms with van der Waals surface area (Å²) in [5.74, 6) is 0.967. The summed E-state index contributed by atoms with van der Waals surface area (Å²) in [6.07, 6.45) is 4.92. The van der Waals surface area contributed by atoms with Gasteiger partial charge in [0.15, 0.2) is 0 Å². The van der Waals surface area contributed by atoms with Gasteiger partial charge < -0.3 is 9.47 Å². The van der Waals surface area contributed by atoms with Crippen molar-refractivity contribution in [3.05, 3.63) is 58.9 Å². The maximum absolute atomic E-state index is 5.48. The number of methoxy groups -OCH3 is 1. The number of morpholine rings is 1. The molecule has 2 heterocycles. The van der Waals surface area contributed by atoms with Crippen LogP contribution in [-0.2, 0) is 17.8 Å². The van der Waals surface area contributed by atoms with E-state index in [1.807, 2.05) is 12.4 Å². The summed E-state index contributed by atoms with van der Waals surface area (Å²) in [6, 6.07) is 8.53.